The van der Waals surface area contributed by atoms with Crippen molar-refractivity contribution in [1.82, 2.24) is 10.2 Å². The number of hydrogen-bond donors (Lipinski definition) is 1. The number of rotatable bonds is 12. The zero-order valence-electron chi connectivity index (χ0n) is 18.4. The van der Waals surface area contributed by atoms with E-state index in [9.17, 15) is 9.59 Å². The van der Waals surface area contributed by atoms with Crippen LogP contribution in [0, 0.1) is 0 Å². The van der Waals surface area contributed by atoms with Gasteiger partial charge in [-0.1, -0.05) is 48.3 Å². The van der Waals surface area contributed by atoms with Gasteiger partial charge in [0.15, 0.2) is 6.61 Å². The van der Waals surface area contributed by atoms with Crippen molar-refractivity contribution >= 4 is 27.7 Å². The number of halogens is 1. The van der Waals surface area contributed by atoms with Crippen molar-refractivity contribution in [1.29, 1.82) is 0 Å². The van der Waals surface area contributed by atoms with Gasteiger partial charge in [-0.15, -0.1) is 0 Å². The van der Waals surface area contributed by atoms with Crippen molar-refractivity contribution in [2.45, 2.75) is 45.7 Å². The molecule has 0 spiro atoms. The first kappa shape index (κ1) is 24.7. The van der Waals surface area contributed by atoms with Gasteiger partial charge in [-0.05, 0) is 54.8 Å². The lowest BCUT2D eigenvalue weighted by atomic mass is 10.1. The van der Waals surface area contributed by atoms with E-state index in [-0.39, 0.29) is 18.4 Å². The summed E-state index contributed by atoms with van der Waals surface area (Å²) in [6, 6.07) is 14.2. The van der Waals surface area contributed by atoms with E-state index in [1.165, 1.54) is 0 Å². The monoisotopic (exact) mass is 490 g/mol. The number of amides is 2. The number of benzene rings is 2. The highest BCUT2D eigenvalue weighted by molar-refractivity contribution is 9.10. The Morgan fingerprint density at radius 1 is 1.10 bits per heavy atom. The highest BCUT2D eigenvalue weighted by Crippen LogP contribution is 2.19. The van der Waals surface area contributed by atoms with Crippen molar-refractivity contribution < 1.29 is 19.1 Å². The number of hydrogen-bond acceptors (Lipinski definition) is 4. The van der Waals surface area contributed by atoms with E-state index in [4.69, 9.17) is 9.47 Å². The molecule has 0 saturated carbocycles. The Hall–Kier alpha value is -2.54. The third kappa shape index (κ3) is 7.90. The average Bonchev–Trinajstić information content (AvgIpc) is 2.78. The third-order valence-corrected chi connectivity index (χ3v) is 5.41. The maximum Gasteiger partial charge on any atom is 0.261 e. The summed E-state index contributed by atoms with van der Waals surface area (Å²) in [7, 11) is 1.60. The fraction of sp³-hybridized carbons (Fsp3) is 0.417. The van der Waals surface area contributed by atoms with E-state index in [2.05, 4.69) is 28.2 Å². The molecule has 0 radical (unpaired) electrons. The lowest BCUT2D eigenvalue weighted by molar-refractivity contribution is -0.143. The van der Waals surface area contributed by atoms with E-state index in [0.717, 1.165) is 22.9 Å². The number of ether oxygens (including phenoxy) is 2. The van der Waals surface area contributed by atoms with Crippen LogP contribution in [0.1, 0.15) is 38.7 Å². The van der Waals surface area contributed by atoms with Gasteiger partial charge < -0.3 is 19.7 Å². The van der Waals surface area contributed by atoms with Gasteiger partial charge in [-0.3, -0.25) is 9.59 Å². The fourth-order valence-electron chi connectivity index (χ4n) is 3.15. The fourth-order valence-corrected chi connectivity index (χ4v) is 3.42. The Kier molecular flexibility index (Phi) is 10.4. The van der Waals surface area contributed by atoms with Crippen LogP contribution in [0.5, 0.6) is 11.5 Å². The molecule has 2 aromatic rings. The molecule has 168 valence electrons. The molecule has 7 heteroatoms. The van der Waals surface area contributed by atoms with Crippen molar-refractivity contribution in [3.05, 3.63) is 58.6 Å². The molecule has 0 aliphatic carbocycles. The lowest BCUT2D eigenvalue weighted by Gasteiger charge is -2.30. The van der Waals surface area contributed by atoms with Crippen molar-refractivity contribution in [3.63, 3.8) is 0 Å². The molecule has 2 amide bonds. The predicted octanol–water partition coefficient (Wildman–Crippen LogP) is 4.56. The minimum atomic E-state index is -0.580. The van der Waals surface area contributed by atoms with Crippen molar-refractivity contribution in [3.8, 4) is 11.5 Å². The Morgan fingerprint density at radius 2 is 1.84 bits per heavy atom. The van der Waals surface area contributed by atoms with Crippen LogP contribution in [-0.4, -0.2) is 43.0 Å². The molecule has 0 aliphatic rings. The summed E-state index contributed by atoms with van der Waals surface area (Å²) < 4.78 is 11.9. The van der Waals surface area contributed by atoms with Crippen LogP contribution in [0.25, 0.3) is 0 Å². The minimum Gasteiger partial charge on any atom is -0.497 e. The maximum absolute atomic E-state index is 13.2. The number of nitrogens with zero attached hydrogens (tertiary/aromatic N) is 1. The summed E-state index contributed by atoms with van der Waals surface area (Å²) in [5, 5.41) is 2.95. The molecule has 0 saturated heterocycles. The van der Waals surface area contributed by atoms with Crippen molar-refractivity contribution in [2.75, 3.05) is 20.3 Å². The molecule has 0 bridgehead atoms. The van der Waals surface area contributed by atoms with Crippen LogP contribution in [0.4, 0.5) is 0 Å². The van der Waals surface area contributed by atoms with Gasteiger partial charge in [0.05, 0.1) is 7.11 Å². The van der Waals surface area contributed by atoms with E-state index in [0.29, 0.717) is 31.0 Å². The SMILES string of the molecule is CCCCNC(=O)[C@H](CC)N(Cc1cccc(OC)c1)C(=O)COc1ccc(Br)cc1. The lowest BCUT2D eigenvalue weighted by Crippen LogP contribution is -2.50. The highest BCUT2D eigenvalue weighted by Gasteiger charge is 2.28. The molecule has 0 aliphatic heterocycles. The Morgan fingerprint density at radius 3 is 2.48 bits per heavy atom. The summed E-state index contributed by atoms with van der Waals surface area (Å²) in [5.74, 6) is 0.911. The molecule has 0 heterocycles. The Balaban J connectivity index is 2.18. The van der Waals surface area contributed by atoms with Gasteiger partial charge in [0.25, 0.3) is 5.91 Å². The molecule has 0 fully saturated rings. The average molecular weight is 491 g/mol. The molecule has 2 aromatic carbocycles. The van der Waals surface area contributed by atoms with Gasteiger partial charge in [0.2, 0.25) is 5.91 Å². The van der Waals surface area contributed by atoms with E-state index in [1.807, 2.05) is 43.3 Å². The molecular formula is C24H31BrN2O4. The van der Waals surface area contributed by atoms with E-state index in [1.54, 1.807) is 24.1 Å². The van der Waals surface area contributed by atoms with Crippen LogP contribution in [0.15, 0.2) is 53.0 Å². The third-order valence-electron chi connectivity index (χ3n) is 4.88. The van der Waals surface area contributed by atoms with Crippen LogP contribution >= 0.6 is 15.9 Å². The van der Waals surface area contributed by atoms with Gasteiger partial charge in [-0.25, -0.2) is 0 Å². The van der Waals surface area contributed by atoms with Crippen LogP contribution < -0.4 is 14.8 Å². The number of nitrogens with one attached hydrogen (secondary N) is 1. The normalized spacial score (nSPS) is 11.5. The summed E-state index contributed by atoms with van der Waals surface area (Å²) in [6.07, 6.45) is 2.40. The summed E-state index contributed by atoms with van der Waals surface area (Å²) >= 11 is 3.38. The number of carbonyl (C=O) groups excluding carboxylic acids is 2. The Labute approximate surface area is 193 Å². The predicted molar refractivity (Wildman–Crippen MR) is 125 cm³/mol. The van der Waals surface area contributed by atoms with Crippen LogP contribution in [0.2, 0.25) is 0 Å². The molecule has 2 rings (SSSR count). The molecule has 31 heavy (non-hydrogen) atoms. The first-order valence-corrected chi connectivity index (χ1v) is 11.4. The molecule has 1 N–H and O–H groups in total. The van der Waals surface area contributed by atoms with E-state index >= 15 is 0 Å². The first-order valence-electron chi connectivity index (χ1n) is 10.6. The summed E-state index contributed by atoms with van der Waals surface area (Å²) in [4.78, 5) is 27.6. The Bertz CT molecular complexity index is 842. The quantitative estimate of drug-likeness (QED) is 0.442. The van der Waals surface area contributed by atoms with Gasteiger partial charge >= 0.3 is 0 Å². The number of carbonyl (C=O) groups is 2. The van der Waals surface area contributed by atoms with Crippen LogP contribution in [-0.2, 0) is 16.1 Å². The minimum absolute atomic E-state index is 0.143. The standard InChI is InChI=1S/C24H31BrN2O4/c1-4-6-14-26-24(29)22(5-2)27(16-18-8-7-9-21(15-18)30-3)23(28)17-31-20-12-10-19(25)11-13-20/h7-13,15,22H,4-6,14,16-17H2,1-3H3,(H,26,29)/t22-/m0/s1. The van der Waals surface area contributed by atoms with Gasteiger partial charge in [0.1, 0.15) is 17.5 Å². The second-order valence-electron chi connectivity index (χ2n) is 7.18. The topological polar surface area (TPSA) is 67.9 Å². The zero-order chi connectivity index (χ0) is 22.6. The largest absolute Gasteiger partial charge is 0.497 e. The van der Waals surface area contributed by atoms with Crippen molar-refractivity contribution in [2.24, 2.45) is 0 Å². The number of unbranched alkanes of at least 4 members (excludes halogenated alkanes) is 1. The molecule has 1 atom stereocenters. The summed E-state index contributed by atoms with van der Waals surface area (Å²) in [5.41, 5.74) is 0.885. The van der Waals surface area contributed by atoms with Gasteiger partial charge in [0, 0.05) is 17.6 Å². The second kappa shape index (κ2) is 13.0. The maximum atomic E-state index is 13.2. The van der Waals surface area contributed by atoms with Crippen LogP contribution in [0.3, 0.4) is 0 Å². The summed E-state index contributed by atoms with van der Waals surface area (Å²) in [6.45, 7) is 4.72. The second-order valence-corrected chi connectivity index (χ2v) is 8.10. The zero-order valence-corrected chi connectivity index (χ0v) is 20.0. The molecule has 0 aromatic heterocycles. The molecule has 6 nitrogen and oxygen atoms in total. The van der Waals surface area contributed by atoms with E-state index < -0.39 is 6.04 Å². The number of methoxy groups -OCH3 is 1. The molecular weight excluding hydrogens is 460 g/mol. The highest BCUT2D eigenvalue weighted by atomic mass is 79.9. The smallest absolute Gasteiger partial charge is 0.261 e. The van der Waals surface area contributed by atoms with Gasteiger partial charge in [-0.2, -0.15) is 0 Å². The molecule has 0 unspecified atom stereocenters. The first-order chi connectivity index (χ1) is 15.0.